The fourth-order valence-corrected chi connectivity index (χ4v) is 4.30. The lowest BCUT2D eigenvalue weighted by molar-refractivity contribution is -0.225. The van der Waals surface area contributed by atoms with E-state index in [0.717, 1.165) is 11.0 Å². The highest BCUT2D eigenvalue weighted by Crippen LogP contribution is 2.51. The number of carbonyl (C=O) groups is 1. The second-order valence-corrected chi connectivity index (χ2v) is 7.52. The zero-order chi connectivity index (χ0) is 21.4. The number of halogens is 4. The van der Waals surface area contributed by atoms with Crippen molar-refractivity contribution < 1.29 is 37.3 Å². The van der Waals surface area contributed by atoms with E-state index < -0.39 is 48.2 Å². The maximum absolute atomic E-state index is 14.5. The predicted molar refractivity (Wildman–Crippen MR) is 91.5 cm³/mol. The van der Waals surface area contributed by atoms with Crippen molar-refractivity contribution in [3.8, 4) is 6.07 Å². The second kappa shape index (κ2) is 7.80. The summed E-state index contributed by atoms with van der Waals surface area (Å²) in [6, 6.07) is 5.33. The number of nitrogens with zero attached hydrogens (tertiary/aromatic N) is 2. The molecule has 0 radical (unpaired) electrons. The average Bonchev–Trinajstić information content (AvgIpc) is 3.00. The average molecular weight is 416 g/mol. The van der Waals surface area contributed by atoms with E-state index in [1.54, 1.807) is 0 Å². The first-order valence-corrected chi connectivity index (χ1v) is 9.13. The molecule has 0 aromatic heterocycles. The van der Waals surface area contributed by atoms with Crippen LogP contribution in [0.4, 0.5) is 22.4 Å². The summed E-state index contributed by atoms with van der Waals surface area (Å²) < 4.78 is 61.0. The summed E-state index contributed by atoms with van der Waals surface area (Å²) in [5, 5.41) is 27.6. The summed E-state index contributed by atoms with van der Waals surface area (Å²) in [4.78, 5) is 12.3. The molecule has 2 heterocycles. The molecular weight excluding hydrogens is 396 g/mol. The number of carboxylic acid groups (broad SMARTS) is 1. The van der Waals surface area contributed by atoms with Gasteiger partial charge in [-0.2, -0.15) is 18.4 Å². The molecule has 2 aliphatic heterocycles. The molecule has 3 atom stereocenters. The fraction of sp³-hybridized carbons (Fsp3) is 0.579. The van der Waals surface area contributed by atoms with Gasteiger partial charge in [-0.25, -0.2) is 9.18 Å². The number of piperidine rings is 1. The highest BCUT2D eigenvalue weighted by molar-refractivity contribution is 5.65. The van der Waals surface area contributed by atoms with Crippen LogP contribution in [0.2, 0.25) is 0 Å². The highest BCUT2D eigenvalue weighted by Gasteiger charge is 2.57. The molecule has 158 valence electrons. The van der Waals surface area contributed by atoms with Gasteiger partial charge in [0, 0.05) is 19.0 Å². The molecule has 1 spiro atoms. The zero-order valence-electron chi connectivity index (χ0n) is 15.3. The largest absolute Gasteiger partial charge is 0.465 e. The molecule has 0 aliphatic carbocycles. The summed E-state index contributed by atoms with van der Waals surface area (Å²) >= 11 is 0. The van der Waals surface area contributed by atoms with Crippen molar-refractivity contribution in [1.29, 1.82) is 5.26 Å². The smallest absolute Gasteiger partial charge is 0.407 e. The molecule has 2 saturated heterocycles. The number of amides is 1. The molecule has 1 aromatic rings. The van der Waals surface area contributed by atoms with Crippen LogP contribution in [0.25, 0.3) is 0 Å². The van der Waals surface area contributed by atoms with E-state index in [-0.39, 0.29) is 43.5 Å². The van der Waals surface area contributed by atoms with Gasteiger partial charge in [0.2, 0.25) is 0 Å². The molecule has 2 fully saturated rings. The van der Waals surface area contributed by atoms with E-state index in [1.807, 2.05) is 6.07 Å². The second-order valence-electron chi connectivity index (χ2n) is 7.52. The minimum atomic E-state index is -4.77. The van der Waals surface area contributed by atoms with Crippen molar-refractivity contribution in [3.05, 3.63) is 35.1 Å². The summed E-state index contributed by atoms with van der Waals surface area (Å²) in [5.74, 6) is -4.01. The Bertz CT molecular complexity index is 815. The topological polar surface area (TPSA) is 93.8 Å². The summed E-state index contributed by atoms with van der Waals surface area (Å²) in [5.41, 5.74) is -1.00. The third kappa shape index (κ3) is 4.16. The van der Waals surface area contributed by atoms with Crippen LogP contribution in [0.3, 0.4) is 0 Å². The maximum Gasteiger partial charge on any atom is 0.407 e. The van der Waals surface area contributed by atoms with Gasteiger partial charge in [0.1, 0.15) is 11.7 Å². The van der Waals surface area contributed by atoms with Crippen molar-refractivity contribution in [2.75, 3.05) is 19.7 Å². The number of hydrogen-bond donors (Lipinski definition) is 2. The number of alkyl halides is 3. The van der Waals surface area contributed by atoms with E-state index >= 15 is 0 Å². The quantitative estimate of drug-likeness (QED) is 0.738. The number of hydrogen-bond acceptors (Lipinski definition) is 4. The Morgan fingerprint density at radius 3 is 2.55 bits per heavy atom. The van der Waals surface area contributed by atoms with Crippen LogP contribution in [0.1, 0.15) is 36.3 Å². The van der Waals surface area contributed by atoms with Gasteiger partial charge in [0.05, 0.1) is 29.9 Å². The lowest BCUT2D eigenvalue weighted by Crippen LogP contribution is -2.47. The highest BCUT2D eigenvalue weighted by atomic mass is 19.4. The number of likely N-dealkylation sites (tertiary alicyclic amines) is 1. The Hall–Kier alpha value is -2.38. The summed E-state index contributed by atoms with van der Waals surface area (Å²) in [7, 11) is 0. The van der Waals surface area contributed by atoms with Crippen LogP contribution >= 0.6 is 0 Å². The Labute approximate surface area is 164 Å². The van der Waals surface area contributed by atoms with Crippen molar-refractivity contribution in [2.24, 2.45) is 5.92 Å². The lowest BCUT2D eigenvalue weighted by atomic mass is 9.79. The van der Waals surface area contributed by atoms with Crippen molar-refractivity contribution in [2.45, 2.75) is 43.1 Å². The van der Waals surface area contributed by atoms with Gasteiger partial charge in [0.15, 0.2) is 0 Å². The van der Waals surface area contributed by atoms with Crippen molar-refractivity contribution >= 4 is 6.09 Å². The molecule has 1 aromatic carbocycles. The van der Waals surface area contributed by atoms with Gasteiger partial charge in [0.25, 0.3) is 0 Å². The van der Waals surface area contributed by atoms with Gasteiger partial charge in [-0.15, -0.1) is 0 Å². The van der Waals surface area contributed by atoms with Crippen LogP contribution in [-0.2, 0) is 4.74 Å². The van der Waals surface area contributed by atoms with Gasteiger partial charge in [-0.3, -0.25) is 0 Å². The Morgan fingerprint density at radius 2 is 2.03 bits per heavy atom. The van der Waals surface area contributed by atoms with Gasteiger partial charge in [-0.05, 0) is 43.0 Å². The normalized spacial score (nSPS) is 25.0. The molecule has 29 heavy (non-hydrogen) atoms. The van der Waals surface area contributed by atoms with E-state index in [9.17, 15) is 27.5 Å². The Kier molecular flexibility index (Phi) is 5.74. The first kappa shape index (κ1) is 21.3. The molecule has 10 heteroatoms. The number of aliphatic hydroxyl groups is 1. The van der Waals surface area contributed by atoms with Gasteiger partial charge >= 0.3 is 12.3 Å². The van der Waals surface area contributed by atoms with E-state index in [0.29, 0.717) is 0 Å². The number of rotatable bonds is 3. The number of nitriles is 1. The van der Waals surface area contributed by atoms with Crippen LogP contribution in [0.5, 0.6) is 0 Å². The molecule has 2 N–H and O–H groups in total. The first-order chi connectivity index (χ1) is 13.6. The third-order valence-electron chi connectivity index (χ3n) is 5.86. The van der Waals surface area contributed by atoms with Gasteiger partial charge in [-0.1, -0.05) is 0 Å². The van der Waals surface area contributed by atoms with Gasteiger partial charge < -0.3 is 19.8 Å². The molecular formula is C19H20F4N2O4. The minimum absolute atomic E-state index is 0.0451. The predicted octanol–water partition coefficient (Wildman–Crippen LogP) is 3.25. The van der Waals surface area contributed by atoms with E-state index in [2.05, 4.69) is 0 Å². The molecule has 3 rings (SSSR count). The van der Waals surface area contributed by atoms with Crippen LogP contribution in [0.15, 0.2) is 18.2 Å². The molecule has 0 bridgehead atoms. The summed E-state index contributed by atoms with van der Waals surface area (Å²) in [6.45, 7) is -1.04. The molecule has 6 nitrogen and oxygen atoms in total. The lowest BCUT2D eigenvalue weighted by Gasteiger charge is -2.38. The standard InChI is InChI=1S/C19H20F4N2O4/c20-15-2-1-11(9-24)7-12(15)13-8-18(3-5-25(6-4-18)17(27)28)29-16(13)14(10-26)19(21,22)23/h1-2,7,13-14,16,26H,3-6,8,10H2,(H,27,28)/t13?,14?,16-/m1/s1. The van der Waals surface area contributed by atoms with Crippen LogP contribution in [0, 0.1) is 23.1 Å². The minimum Gasteiger partial charge on any atom is -0.465 e. The number of benzene rings is 1. The molecule has 2 unspecified atom stereocenters. The van der Waals surface area contributed by atoms with Crippen LogP contribution < -0.4 is 0 Å². The van der Waals surface area contributed by atoms with E-state index in [1.165, 1.54) is 12.1 Å². The molecule has 2 aliphatic rings. The first-order valence-electron chi connectivity index (χ1n) is 9.13. The fourth-order valence-electron chi connectivity index (χ4n) is 4.30. The van der Waals surface area contributed by atoms with E-state index in [4.69, 9.17) is 15.1 Å². The zero-order valence-corrected chi connectivity index (χ0v) is 15.3. The van der Waals surface area contributed by atoms with Crippen molar-refractivity contribution in [1.82, 2.24) is 4.90 Å². The Balaban J connectivity index is 1.98. The summed E-state index contributed by atoms with van der Waals surface area (Å²) in [6.07, 6.45) is -7.05. The monoisotopic (exact) mass is 416 g/mol. The van der Waals surface area contributed by atoms with Crippen LogP contribution in [-0.4, -0.2) is 58.8 Å². The maximum atomic E-state index is 14.5. The number of aliphatic hydroxyl groups excluding tert-OH is 1. The number of ether oxygens (including phenoxy) is 1. The molecule has 1 amide bonds. The molecule has 0 saturated carbocycles. The third-order valence-corrected chi connectivity index (χ3v) is 5.86. The Morgan fingerprint density at radius 1 is 1.38 bits per heavy atom. The van der Waals surface area contributed by atoms with Crippen molar-refractivity contribution in [3.63, 3.8) is 0 Å². The SMILES string of the molecule is N#Cc1ccc(F)c(C2CC3(CCN(C(=O)O)CC3)O[C@H]2C(CO)C(F)(F)F)c1.